The largest absolute Gasteiger partial charge is 0.356 e. The summed E-state index contributed by atoms with van der Waals surface area (Å²) in [6, 6.07) is 14.8. The molecule has 110 valence electrons. The lowest BCUT2D eigenvalue weighted by atomic mass is 10.1. The van der Waals surface area contributed by atoms with Crippen LogP contribution in [0.5, 0.6) is 0 Å². The minimum absolute atomic E-state index is 0.0875. The molecule has 2 aromatic carbocycles. The van der Waals surface area contributed by atoms with E-state index in [1.807, 2.05) is 6.92 Å². The van der Waals surface area contributed by atoms with Gasteiger partial charge < -0.3 is 10.6 Å². The normalized spacial score (nSPS) is 11.8. The minimum atomic E-state index is -0.286. The van der Waals surface area contributed by atoms with Gasteiger partial charge in [-0.15, -0.1) is 0 Å². The van der Waals surface area contributed by atoms with Crippen LogP contribution >= 0.6 is 12.2 Å². The SMILES string of the molecule is CCc1ccc(C(C)NC(=S)Nc2cccc(F)c2)cc1. The number of hydrogen-bond acceptors (Lipinski definition) is 1. The summed E-state index contributed by atoms with van der Waals surface area (Å²) in [7, 11) is 0. The molecule has 0 aliphatic rings. The van der Waals surface area contributed by atoms with Crippen LogP contribution in [-0.4, -0.2) is 5.11 Å². The van der Waals surface area contributed by atoms with Crippen LogP contribution in [0.2, 0.25) is 0 Å². The van der Waals surface area contributed by atoms with Gasteiger partial charge in [0, 0.05) is 5.69 Å². The Labute approximate surface area is 130 Å². The van der Waals surface area contributed by atoms with E-state index >= 15 is 0 Å². The molecular weight excluding hydrogens is 283 g/mol. The predicted octanol–water partition coefficient (Wildman–Crippen LogP) is 4.44. The third-order valence-corrected chi connectivity index (χ3v) is 3.54. The van der Waals surface area contributed by atoms with E-state index in [0.29, 0.717) is 10.8 Å². The van der Waals surface area contributed by atoms with E-state index in [2.05, 4.69) is 41.8 Å². The zero-order valence-electron chi connectivity index (χ0n) is 12.2. The van der Waals surface area contributed by atoms with Crippen LogP contribution in [-0.2, 0) is 6.42 Å². The number of anilines is 1. The molecule has 21 heavy (non-hydrogen) atoms. The molecule has 2 nitrogen and oxygen atoms in total. The van der Waals surface area contributed by atoms with Gasteiger partial charge in [-0.05, 0) is 54.9 Å². The standard InChI is InChI=1S/C17H19FN2S/c1-3-13-7-9-14(10-8-13)12(2)19-17(21)20-16-6-4-5-15(18)11-16/h4-12H,3H2,1-2H3,(H2,19,20,21). The van der Waals surface area contributed by atoms with Gasteiger partial charge in [0.25, 0.3) is 0 Å². The van der Waals surface area contributed by atoms with Crippen LogP contribution in [0, 0.1) is 5.82 Å². The molecule has 0 saturated heterocycles. The fraction of sp³-hybridized carbons (Fsp3) is 0.235. The molecule has 0 spiro atoms. The highest BCUT2D eigenvalue weighted by Crippen LogP contribution is 2.15. The van der Waals surface area contributed by atoms with E-state index in [9.17, 15) is 4.39 Å². The van der Waals surface area contributed by atoms with Gasteiger partial charge in [0.15, 0.2) is 5.11 Å². The lowest BCUT2D eigenvalue weighted by Crippen LogP contribution is -2.30. The number of thiocarbonyl (C=S) groups is 1. The van der Waals surface area contributed by atoms with Crippen molar-refractivity contribution in [2.24, 2.45) is 0 Å². The Morgan fingerprint density at radius 2 is 1.90 bits per heavy atom. The fourth-order valence-corrected chi connectivity index (χ4v) is 2.35. The molecule has 1 unspecified atom stereocenters. The van der Waals surface area contributed by atoms with Crippen molar-refractivity contribution in [3.63, 3.8) is 0 Å². The lowest BCUT2D eigenvalue weighted by molar-refractivity contribution is 0.628. The summed E-state index contributed by atoms with van der Waals surface area (Å²) in [6.45, 7) is 4.18. The van der Waals surface area contributed by atoms with Gasteiger partial charge in [0.05, 0.1) is 6.04 Å². The average Bonchev–Trinajstić information content (AvgIpc) is 2.47. The van der Waals surface area contributed by atoms with Crippen molar-refractivity contribution in [2.45, 2.75) is 26.3 Å². The quantitative estimate of drug-likeness (QED) is 0.817. The van der Waals surface area contributed by atoms with E-state index in [1.165, 1.54) is 17.7 Å². The van der Waals surface area contributed by atoms with Gasteiger partial charge in [-0.2, -0.15) is 0 Å². The molecule has 0 aliphatic heterocycles. The Morgan fingerprint density at radius 1 is 1.19 bits per heavy atom. The van der Waals surface area contributed by atoms with E-state index in [4.69, 9.17) is 12.2 Å². The molecule has 0 amide bonds. The summed E-state index contributed by atoms with van der Waals surface area (Å²) in [6.07, 6.45) is 1.03. The first-order valence-corrected chi connectivity index (χ1v) is 7.41. The molecule has 4 heteroatoms. The van der Waals surface area contributed by atoms with Crippen LogP contribution < -0.4 is 10.6 Å². The molecule has 2 aromatic rings. The van der Waals surface area contributed by atoms with Crippen LogP contribution in [0.25, 0.3) is 0 Å². The molecular formula is C17H19FN2S. The monoisotopic (exact) mass is 302 g/mol. The van der Waals surface area contributed by atoms with Crippen LogP contribution in [0.1, 0.15) is 31.0 Å². The first kappa shape index (κ1) is 15.4. The highest BCUT2D eigenvalue weighted by molar-refractivity contribution is 7.80. The molecule has 0 bridgehead atoms. The van der Waals surface area contributed by atoms with Crippen molar-refractivity contribution in [3.05, 3.63) is 65.5 Å². The van der Waals surface area contributed by atoms with Crippen molar-refractivity contribution in [1.29, 1.82) is 0 Å². The van der Waals surface area contributed by atoms with Crippen molar-refractivity contribution >= 4 is 23.0 Å². The van der Waals surface area contributed by atoms with Crippen LogP contribution in [0.4, 0.5) is 10.1 Å². The fourth-order valence-electron chi connectivity index (χ4n) is 2.06. The first-order valence-electron chi connectivity index (χ1n) is 7.00. The second-order valence-corrected chi connectivity index (χ2v) is 5.33. The van der Waals surface area contributed by atoms with Gasteiger partial charge in [-0.3, -0.25) is 0 Å². The summed E-state index contributed by atoms with van der Waals surface area (Å²) in [5.74, 6) is -0.286. The minimum Gasteiger partial charge on any atom is -0.356 e. The highest BCUT2D eigenvalue weighted by Gasteiger charge is 2.07. The topological polar surface area (TPSA) is 24.1 Å². The molecule has 1 atom stereocenters. The summed E-state index contributed by atoms with van der Waals surface area (Å²) in [4.78, 5) is 0. The van der Waals surface area contributed by atoms with Crippen molar-refractivity contribution in [3.8, 4) is 0 Å². The third-order valence-electron chi connectivity index (χ3n) is 3.32. The van der Waals surface area contributed by atoms with Crippen LogP contribution in [0.3, 0.4) is 0 Å². The number of halogens is 1. The van der Waals surface area contributed by atoms with Crippen molar-refractivity contribution in [1.82, 2.24) is 5.32 Å². The number of aryl methyl sites for hydroxylation is 1. The Balaban J connectivity index is 1.95. The Kier molecular flexibility index (Phi) is 5.28. The van der Waals surface area contributed by atoms with Gasteiger partial charge >= 0.3 is 0 Å². The number of hydrogen-bond donors (Lipinski definition) is 2. The molecule has 2 rings (SSSR count). The maximum Gasteiger partial charge on any atom is 0.171 e. The molecule has 0 aliphatic carbocycles. The maximum absolute atomic E-state index is 13.1. The maximum atomic E-state index is 13.1. The Morgan fingerprint density at radius 3 is 2.52 bits per heavy atom. The molecule has 2 N–H and O–H groups in total. The van der Waals surface area contributed by atoms with E-state index in [0.717, 1.165) is 12.0 Å². The summed E-state index contributed by atoms with van der Waals surface area (Å²) >= 11 is 5.26. The second kappa shape index (κ2) is 7.18. The molecule has 0 saturated carbocycles. The Bertz CT molecular complexity index is 610. The number of rotatable bonds is 4. The average molecular weight is 302 g/mol. The summed E-state index contributed by atoms with van der Waals surface area (Å²) < 4.78 is 13.1. The van der Waals surface area contributed by atoms with Crippen LogP contribution in [0.15, 0.2) is 48.5 Å². The molecule has 0 radical (unpaired) electrons. The zero-order valence-corrected chi connectivity index (χ0v) is 13.0. The van der Waals surface area contributed by atoms with Gasteiger partial charge in [-0.25, -0.2) is 4.39 Å². The number of nitrogens with one attached hydrogen (secondary N) is 2. The molecule has 0 aromatic heterocycles. The van der Waals surface area contributed by atoms with Gasteiger partial charge in [0.2, 0.25) is 0 Å². The molecule has 0 fully saturated rings. The molecule has 0 heterocycles. The predicted molar refractivity (Wildman–Crippen MR) is 90.0 cm³/mol. The van der Waals surface area contributed by atoms with E-state index in [-0.39, 0.29) is 11.9 Å². The summed E-state index contributed by atoms with van der Waals surface area (Å²) in [5.41, 5.74) is 3.11. The van der Waals surface area contributed by atoms with E-state index in [1.54, 1.807) is 12.1 Å². The third kappa shape index (κ3) is 4.53. The van der Waals surface area contributed by atoms with Crippen molar-refractivity contribution < 1.29 is 4.39 Å². The van der Waals surface area contributed by atoms with Gasteiger partial charge in [0.1, 0.15) is 5.82 Å². The van der Waals surface area contributed by atoms with Gasteiger partial charge in [-0.1, -0.05) is 37.3 Å². The first-order chi connectivity index (χ1) is 10.1. The summed E-state index contributed by atoms with van der Waals surface area (Å²) in [5, 5.41) is 6.67. The number of benzene rings is 2. The lowest BCUT2D eigenvalue weighted by Gasteiger charge is -2.17. The highest BCUT2D eigenvalue weighted by atomic mass is 32.1. The van der Waals surface area contributed by atoms with E-state index < -0.39 is 0 Å². The Hall–Kier alpha value is -1.94. The zero-order chi connectivity index (χ0) is 15.2. The second-order valence-electron chi connectivity index (χ2n) is 4.93. The van der Waals surface area contributed by atoms with Crippen molar-refractivity contribution in [2.75, 3.05) is 5.32 Å². The smallest absolute Gasteiger partial charge is 0.171 e.